The van der Waals surface area contributed by atoms with Crippen molar-refractivity contribution in [2.45, 2.75) is 51.6 Å². The molecule has 1 N–H and O–H groups in total. The highest BCUT2D eigenvalue weighted by atomic mass is 19.4. The molecule has 2 heterocycles. The number of carbonyl (C=O) groups is 2. The maximum absolute atomic E-state index is 13.3. The number of hydrogen-bond donors (Lipinski definition) is 1. The number of hydrogen-bond acceptors (Lipinski definition) is 4. The molecule has 0 aliphatic heterocycles. The third-order valence-corrected chi connectivity index (χ3v) is 8.37. The number of nitrogens with zero attached hydrogens (tertiary/aromatic N) is 1. The Bertz CT molecular complexity index is 1620. The van der Waals surface area contributed by atoms with Gasteiger partial charge in [0.25, 0.3) is 5.91 Å². The number of alkyl halides is 3. The molecule has 206 valence electrons. The predicted octanol–water partition coefficient (Wildman–Crippen LogP) is 7.70. The van der Waals surface area contributed by atoms with Gasteiger partial charge >= 0.3 is 6.18 Å². The number of furan rings is 1. The normalized spacial score (nSPS) is 19.7. The van der Waals surface area contributed by atoms with Gasteiger partial charge in [0, 0.05) is 36.6 Å². The Morgan fingerprint density at radius 1 is 1.05 bits per heavy atom. The minimum absolute atomic E-state index is 0.0434. The molecule has 1 amide bonds. The van der Waals surface area contributed by atoms with E-state index in [0.29, 0.717) is 39.8 Å². The van der Waals surface area contributed by atoms with Crippen LogP contribution >= 0.6 is 0 Å². The number of amides is 1. The van der Waals surface area contributed by atoms with Crippen LogP contribution in [-0.4, -0.2) is 29.9 Å². The Kier molecular flexibility index (Phi) is 6.32. The van der Waals surface area contributed by atoms with Gasteiger partial charge in [-0.05, 0) is 61.6 Å². The monoisotopic (exact) mass is 546 g/mol. The zero-order valence-electron chi connectivity index (χ0n) is 22.3. The van der Waals surface area contributed by atoms with Gasteiger partial charge in [-0.3, -0.25) is 9.59 Å². The van der Waals surface area contributed by atoms with E-state index in [9.17, 15) is 22.8 Å². The number of aromatic nitrogens is 1. The predicted molar refractivity (Wildman–Crippen MR) is 146 cm³/mol. The van der Waals surface area contributed by atoms with Gasteiger partial charge in [0.05, 0.1) is 16.6 Å². The van der Waals surface area contributed by atoms with Gasteiger partial charge in [-0.15, -0.1) is 0 Å². The van der Waals surface area contributed by atoms with Gasteiger partial charge < -0.3 is 9.73 Å². The highest BCUT2D eigenvalue weighted by Gasteiger charge is 2.56. The van der Waals surface area contributed by atoms with E-state index in [1.54, 1.807) is 30.3 Å². The number of fused-ring (bicyclic) bond motifs is 1. The van der Waals surface area contributed by atoms with Crippen molar-refractivity contribution in [3.63, 3.8) is 0 Å². The fourth-order valence-electron chi connectivity index (χ4n) is 6.20. The molecule has 2 aromatic carbocycles. The Morgan fingerprint density at radius 3 is 2.40 bits per heavy atom. The molecule has 3 aliphatic carbocycles. The van der Waals surface area contributed by atoms with Crippen molar-refractivity contribution in [1.29, 1.82) is 0 Å². The van der Waals surface area contributed by atoms with Gasteiger partial charge in [-0.2, -0.15) is 13.2 Å². The van der Waals surface area contributed by atoms with Gasteiger partial charge in [-0.1, -0.05) is 48.0 Å². The summed E-state index contributed by atoms with van der Waals surface area (Å²) in [5, 5.41) is 3.04. The van der Waals surface area contributed by atoms with E-state index in [4.69, 9.17) is 4.42 Å². The van der Waals surface area contributed by atoms with Crippen LogP contribution in [0.3, 0.4) is 0 Å². The molecule has 0 atom stereocenters. The number of Topliss-reactive ketones (excluding diaryl/α,β-unsaturated/α-hetero) is 1. The van der Waals surface area contributed by atoms with Crippen molar-refractivity contribution in [2.24, 2.45) is 11.3 Å². The summed E-state index contributed by atoms with van der Waals surface area (Å²) in [7, 11) is 1.51. The van der Waals surface area contributed by atoms with E-state index in [0.717, 1.165) is 30.7 Å². The highest BCUT2D eigenvalue weighted by molar-refractivity contribution is 6.11. The first-order valence-electron chi connectivity index (χ1n) is 13.5. The summed E-state index contributed by atoms with van der Waals surface area (Å²) in [6.45, 7) is 1.94. The molecule has 3 aliphatic rings. The Morgan fingerprint density at radius 2 is 1.77 bits per heavy atom. The van der Waals surface area contributed by atoms with Crippen LogP contribution in [0.25, 0.3) is 33.6 Å². The van der Waals surface area contributed by atoms with Crippen LogP contribution in [0, 0.1) is 18.3 Å². The van der Waals surface area contributed by atoms with Crippen LogP contribution in [0.15, 0.2) is 59.0 Å². The maximum Gasteiger partial charge on any atom is 0.389 e. The van der Waals surface area contributed by atoms with E-state index < -0.39 is 18.5 Å². The highest BCUT2D eigenvalue weighted by Crippen LogP contribution is 2.66. The van der Waals surface area contributed by atoms with E-state index in [1.807, 2.05) is 31.2 Å². The van der Waals surface area contributed by atoms with E-state index >= 15 is 0 Å². The lowest BCUT2D eigenvalue weighted by atomic mass is 9.43. The Hall–Kier alpha value is -3.94. The van der Waals surface area contributed by atoms with Crippen molar-refractivity contribution in [2.75, 3.05) is 7.05 Å². The first-order chi connectivity index (χ1) is 19.0. The van der Waals surface area contributed by atoms with Crippen molar-refractivity contribution in [3.8, 4) is 22.5 Å². The molecule has 40 heavy (non-hydrogen) atoms. The number of carbonyl (C=O) groups excluding carboxylic acids is 2. The third-order valence-electron chi connectivity index (χ3n) is 8.37. The zero-order valence-corrected chi connectivity index (χ0v) is 22.3. The molecule has 0 saturated heterocycles. The molecular formula is C32H29F3N2O3. The summed E-state index contributed by atoms with van der Waals surface area (Å²) >= 11 is 0. The van der Waals surface area contributed by atoms with Crippen molar-refractivity contribution >= 4 is 22.8 Å². The molecule has 2 aromatic heterocycles. The number of aryl methyl sites for hydroxylation is 2. The van der Waals surface area contributed by atoms with E-state index in [-0.39, 0.29) is 34.6 Å². The molecule has 2 bridgehead atoms. The number of halogens is 3. The van der Waals surface area contributed by atoms with Crippen molar-refractivity contribution in [3.05, 3.63) is 77.0 Å². The SMILES string of the molecule is CNC(=O)c1c(-c2ccc(C)cc2)oc2nc(CCC(F)(F)F)c(-c3cccc(C(=O)CC45CC(C4)C5)c3)cc12. The molecule has 4 aromatic rings. The number of rotatable bonds is 8. The summed E-state index contributed by atoms with van der Waals surface area (Å²) < 4.78 is 45.9. The van der Waals surface area contributed by atoms with E-state index in [1.165, 1.54) is 7.05 Å². The second-order valence-corrected chi connectivity index (χ2v) is 11.4. The molecule has 0 spiro atoms. The summed E-state index contributed by atoms with van der Waals surface area (Å²) in [6, 6.07) is 16.1. The average molecular weight is 547 g/mol. The molecule has 3 saturated carbocycles. The first-order valence-corrected chi connectivity index (χ1v) is 13.5. The van der Waals surface area contributed by atoms with Crippen molar-refractivity contribution in [1.82, 2.24) is 10.3 Å². The third kappa shape index (κ3) is 4.80. The largest absolute Gasteiger partial charge is 0.437 e. The molecule has 3 fully saturated rings. The average Bonchev–Trinajstić information content (AvgIpc) is 3.26. The van der Waals surface area contributed by atoms with E-state index in [2.05, 4.69) is 10.3 Å². The lowest BCUT2D eigenvalue weighted by Gasteiger charge is -2.62. The maximum atomic E-state index is 13.3. The van der Waals surface area contributed by atoms with Gasteiger partial charge in [0.2, 0.25) is 5.71 Å². The summed E-state index contributed by atoms with van der Waals surface area (Å²) in [4.78, 5) is 30.7. The van der Waals surface area contributed by atoms with Crippen LogP contribution in [0.1, 0.15) is 64.1 Å². The topological polar surface area (TPSA) is 72.2 Å². The second kappa shape index (κ2) is 9.61. The number of pyridine rings is 1. The van der Waals surface area contributed by atoms with Gasteiger partial charge in [0.15, 0.2) is 5.78 Å². The lowest BCUT2D eigenvalue weighted by Crippen LogP contribution is -2.52. The Balaban J connectivity index is 1.47. The molecule has 8 heteroatoms. The van der Waals surface area contributed by atoms with Crippen molar-refractivity contribution < 1.29 is 27.2 Å². The molecular weight excluding hydrogens is 517 g/mol. The van der Waals surface area contributed by atoms with Gasteiger partial charge in [0.1, 0.15) is 5.76 Å². The zero-order chi connectivity index (χ0) is 28.2. The van der Waals surface area contributed by atoms with Crippen LogP contribution in [0.4, 0.5) is 13.2 Å². The summed E-state index contributed by atoms with van der Waals surface area (Å²) in [5.41, 5.74) is 3.92. The molecule has 0 radical (unpaired) electrons. The smallest absolute Gasteiger partial charge is 0.389 e. The summed E-state index contributed by atoms with van der Waals surface area (Å²) in [6.07, 6.45) is -2.00. The standard InChI is InChI=1S/C32H29F3N2O3/c1-18-6-8-20(9-7-18)28-27(29(39)36-2)24-13-23(25(37-30(24)40-28)10-11-32(33,34)35)21-4-3-5-22(12-21)26(38)17-31-14-19(15-31)16-31/h3-9,12-13,19H,10-11,14-17H2,1-2H3,(H,36,39). The summed E-state index contributed by atoms with van der Waals surface area (Å²) in [5.74, 6) is 0.708. The molecule has 5 nitrogen and oxygen atoms in total. The fraction of sp³-hybridized carbons (Fsp3) is 0.344. The minimum atomic E-state index is -4.38. The quantitative estimate of drug-likeness (QED) is 0.230. The number of benzene rings is 2. The Labute approximate surface area is 229 Å². The molecule has 0 unspecified atom stereocenters. The lowest BCUT2D eigenvalue weighted by molar-refractivity contribution is -0.134. The van der Waals surface area contributed by atoms with Crippen LogP contribution < -0.4 is 5.32 Å². The van der Waals surface area contributed by atoms with Gasteiger partial charge in [-0.25, -0.2) is 4.98 Å². The fourth-order valence-corrected chi connectivity index (χ4v) is 6.20. The first kappa shape index (κ1) is 26.3. The van der Waals surface area contributed by atoms with Crippen LogP contribution in [0.5, 0.6) is 0 Å². The van der Waals surface area contributed by atoms with Crippen LogP contribution in [0.2, 0.25) is 0 Å². The second-order valence-electron chi connectivity index (χ2n) is 11.4. The minimum Gasteiger partial charge on any atom is -0.437 e. The number of ketones is 1. The van der Waals surface area contributed by atoms with Crippen LogP contribution in [-0.2, 0) is 6.42 Å². The molecule has 7 rings (SSSR count). The number of nitrogens with one attached hydrogen (secondary N) is 1.